The third-order valence-corrected chi connectivity index (χ3v) is 4.47. The van der Waals surface area contributed by atoms with Gasteiger partial charge in [-0.3, -0.25) is 9.69 Å². The van der Waals surface area contributed by atoms with Crippen LogP contribution < -0.4 is 10.2 Å². The fourth-order valence-corrected chi connectivity index (χ4v) is 3.08. The van der Waals surface area contributed by atoms with Gasteiger partial charge in [-0.25, -0.2) is 4.68 Å². The first-order chi connectivity index (χ1) is 11.8. The fourth-order valence-electron chi connectivity index (χ4n) is 2.40. The second-order valence-corrected chi connectivity index (χ2v) is 6.19. The van der Waals surface area contributed by atoms with E-state index in [2.05, 4.69) is 17.3 Å². The molecule has 24 heavy (non-hydrogen) atoms. The van der Waals surface area contributed by atoms with Crippen molar-refractivity contribution < 1.29 is 4.79 Å². The van der Waals surface area contributed by atoms with E-state index in [1.54, 1.807) is 9.58 Å². The van der Waals surface area contributed by atoms with E-state index in [1.165, 1.54) is 11.3 Å². The van der Waals surface area contributed by atoms with Gasteiger partial charge in [-0.2, -0.15) is 0 Å². The number of rotatable bonds is 7. The van der Waals surface area contributed by atoms with E-state index in [-0.39, 0.29) is 5.91 Å². The highest BCUT2D eigenvalue weighted by atomic mass is 32.1. The molecule has 0 atom stereocenters. The second kappa shape index (κ2) is 7.90. The van der Waals surface area contributed by atoms with Gasteiger partial charge < -0.3 is 5.32 Å². The summed E-state index contributed by atoms with van der Waals surface area (Å²) in [6, 6.07) is 15.5. The van der Waals surface area contributed by atoms with E-state index in [0.717, 1.165) is 23.7 Å². The first-order valence-electron chi connectivity index (χ1n) is 7.97. The fraction of sp³-hybridized carbons (Fsp3) is 0.222. The summed E-state index contributed by atoms with van der Waals surface area (Å²) < 4.78 is 1.79. The standard InChI is InChI=1S/C18H20N4OS/c1-2-19-11-13-21(18(23)16-9-6-14-24-16)17-10-12-22(20-17)15-7-4-3-5-8-15/h3-10,12,14,19H,2,11,13H2,1H3. The minimum atomic E-state index is -0.0128. The van der Waals surface area contributed by atoms with Crippen molar-refractivity contribution in [2.45, 2.75) is 6.92 Å². The van der Waals surface area contributed by atoms with Gasteiger partial charge in [0, 0.05) is 25.4 Å². The highest BCUT2D eigenvalue weighted by Crippen LogP contribution is 2.19. The number of carbonyl (C=O) groups is 1. The molecular formula is C18H20N4OS. The number of likely N-dealkylation sites (N-methyl/N-ethyl adjacent to an activating group) is 1. The van der Waals surface area contributed by atoms with Crippen LogP contribution in [0.25, 0.3) is 5.69 Å². The van der Waals surface area contributed by atoms with Crippen molar-refractivity contribution in [3.05, 3.63) is 65.0 Å². The number of nitrogens with zero attached hydrogens (tertiary/aromatic N) is 3. The largest absolute Gasteiger partial charge is 0.315 e. The third kappa shape index (κ3) is 3.72. The molecule has 0 aliphatic carbocycles. The normalized spacial score (nSPS) is 10.7. The summed E-state index contributed by atoms with van der Waals surface area (Å²) in [5.41, 5.74) is 0.971. The number of nitrogens with one attached hydrogen (secondary N) is 1. The number of thiophene rings is 1. The molecule has 0 aliphatic heterocycles. The van der Waals surface area contributed by atoms with E-state index < -0.39 is 0 Å². The van der Waals surface area contributed by atoms with Gasteiger partial charge in [-0.05, 0) is 30.1 Å². The Morgan fingerprint density at radius 1 is 1.21 bits per heavy atom. The van der Waals surface area contributed by atoms with E-state index in [9.17, 15) is 4.79 Å². The van der Waals surface area contributed by atoms with E-state index in [4.69, 9.17) is 0 Å². The molecule has 6 heteroatoms. The van der Waals surface area contributed by atoms with Crippen molar-refractivity contribution in [2.24, 2.45) is 0 Å². The maximum Gasteiger partial charge on any atom is 0.269 e. The lowest BCUT2D eigenvalue weighted by Gasteiger charge is -2.19. The van der Waals surface area contributed by atoms with Crippen LogP contribution in [0.2, 0.25) is 0 Å². The van der Waals surface area contributed by atoms with Gasteiger partial charge in [0.1, 0.15) is 0 Å². The van der Waals surface area contributed by atoms with Gasteiger partial charge in [0.2, 0.25) is 0 Å². The predicted molar refractivity (Wildman–Crippen MR) is 98.1 cm³/mol. The molecule has 3 aromatic rings. The van der Waals surface area contributed by atoms with Gasteiger partial charge in [-0.15, -0.1) is 16.4 Å². The highest BCUT2D eigenvalue weighted by Gasteiger charge is 2.20. The SMILES string of the molecule is CCNCCN(C(=O)c1cccs1)c1ccn(-c2ccccc2)n1. The number of para-hydroxylation sites is 1. The molecule has 5 nitrogen and oxygen atoms in total. The van der Waals surface area contributed by atoms with E-state index >= 15 is 0 Å². The summed E-state index contributed by atoms with van der Waals surface area (Å²) >= 11 is 1.45. The molecule has 0 spiro atoms. The second-order valence-electron chi connectivity index (χ2n) is 5.24. The summed E-state index contributed by atoms with van der Waals surface area (Å²) in [5.74, 6) is 0.649. The summed E-state index contributed by atoms with van der Waals surface area (Å²) in [4.78, 5) is 15.3. The zero-order chi connectivity index (χ0) is 16.8. The minimum Gasteiger partial charge on any atom is -0.315 e. The molecule has 0 saturated heterocycles. The summed E-state index contributed by atoms with van der Waals surface area (Å²) in [6.07, 6.45) is 1.88. The molecular weight excluding hydrogens is 320 g/mol. The molecule has 1 N–H and O–H groups in total. The molecule has 0 unspecified atom stereocenters. The third-order valence-electron chi connectivity index (χ3n) is 3.61. The van der Waals surface area contributed by atoms with Crippen LogP contribution in [0.5, 0.6) is 0 Å². The van der Waals surface area contributed by atoms with Crippen molar-refractivity contribution in [3.8, 4) is 5.69 Å². The van der Waals surface area contributed by atoms with E-state index in [0.29, 0.717) is 12.4 Å². The van der Waals surface area contributed by atoms with Crippen molar-refractivity contribution in [1.82, 2.24) is 15.1 Å². The predicted octanol–water partition coefficient (Wildman–Crippen LogP) is 3.19. The molecule has 0 aliphatic rings. The molecule has 0 saturated carbocycles. The zero-order valence-corrected chi connectivity index (χ0v) is 14.4. The number of carbonyl (C=O) groups excluding carboxylic acids is 1. The van der Waals surface area contributed by atoms with Crippen LogP contribution in [-0.2, 0) is 0 Å². The minimum absolute atomic E-state index is 0.0128. The lowest BCUT2D eigenvalue weighted by atomic mass is 10.3. The maximum absolute atomic E-state index is 12.8. The van der Waals surface area contributed by atoms with Crippen LogP contribution >= 0.6 is 11.3 Å². The van der Waals surface area contributed by atoms with Crippen LogP contribution in [-0.4, -0.2) is 35.3 Å². The Bertz CT molecular complexity index is 767. The number of aromatic nitrogens is 2. The average Bonchev–Trinajstić information content (AvgIpc) is 3.31. The number of hydrogen-bond acceptors (Lipinski definition) is 4. The van der Waals surface area contributed by atoms with Crippen LogP contribution in [0.1, 0.15) is 16.6 Å². The summed E-state index contributed by atoms with van der Waals surface area (Å²) in [6.45, 7) is 4.23. The van der Waals surface area contributed by atoms with Crippen LogP contribution in [0.4, 0.5) is 5.82 Å². The molecule has 3 rings (SSSR count). The summed E-state index contributed by atoms with van der Waals surface area (Å²) in [5, 5.41) is 9.77. The first kappa shape index (κ1) is 16.4. The van der Waals surface area contributed by atoms with Crippen LogP contribution in [0, 0.1) is 0 Å². The molecule has 124 valence electrons. The number of amides is 1. The monoisotopic (exact) mass is 340 g/mol. The molecule has 0 fully saturated rings. The molecule has 0 radical (unpaired) electrons. The quantitative estimate of drug-likeness (QED) is 0.672. The zero-order valence-electron chi connectivity index (χ0n) is 13.6. The van der Waals surface area contributed by atoms with Crippen molar-refractivity contribution in [3.63, 3.8) is 0 Å². The number of hydrogen-bond donors (Lipinski definition) is 1. The van der Waals surface area contributed by atoms with Gasteiger partial charge in [0.25, 0.3) is 5.91 Å². The van der Waals surface area contributed by atoms with Crippen molar-refractivity contribution in [1.29, 1.82) is 0 Å². The Balaban J connectivity index is 1.85. The Morgan fingerprint density at radius 3 is 2.75 bits per heavy atom. The Kier molecular flexibility index (Phi) is 5.40. The topological polar surface area (TPSA) is 50.2 Å². The first-order valence-corrected chi connectivity index (χ1v) is 8.84. The molecule has 2 aromatic heterocycles. The van der Waals surface area contributed by atoms with Gasteiger partial charge in [0.15, 0.2) is 5.82 Å². The van der Waals surface area contributed by atoms with Gasteiger partial charge in [-0.1, -0.05) is 31.2 Å². The van der Waals surface area contributed by atoms with Gasteiger partial charge >= 0.3 is 0 Å². The molecule has 2 heterocycles. The number of benzene rings is 1. The molecule has 1 amide bonds. The number of anilines is 1. The smallest absolute Gasteiger partial charge is 0.269 e. The van der Waals surface area contributed by atoms with Crippen molar-refractivity contribution >= 4 is 23.1 Å². The van der Waals surface area contributed by atoms with Gasteiger partial charge in [0.05, 0.1) is 10.6 Å². The van der Waals surface area contributed by atoms with Crippen LogP contribution in [0.15, 0.2) is 60.1 Å². The van der Waals surface area contributed by atoms with E-state index in [1.807, 2.05) is 60.1 Å². The maximum atomic E-state index is 12.8. The highest BCUT2D eigenvalue weighted by molar-refractivity contribution is 7.12. The molecule has 1 aromatic carbocycles. The van der Waals surface area contributed by atoms with Crippen molar-refractivity contribution in [2.75, 3.05) is 24.5 Å². The van der Waals surface area contributed by atoms with Crippen LogP contribution in [0.3, 0.4) is 0 Å². The lowest BCUT2D eigenvalue weighted by molar-refractivity contribution is 0.0990. The molecule has 0 bridgehead atoms. The lowest BCUT2D eigenvalue weighted by Crippen LogP contribution is -2.37. The Hall–Kier alpha value is -2.44. The Labute approximate surface area is 145 Å². The summed E-state index contributed by atoms with van der Waals surface area (Å²) in [7, 11) is 0. The average molecular weight is 340 g/mol. The Morgan fingerprint density at radius 2 is 2.04 bits per heavy atom.